The molecule has 23 heavy (non-hydrogen) atoms. The van der Waals surface area contributed by atoms with E-state index in [1.165, 1.54) is 0 Å². The number of nitrogens with zero attached hydrogens (tertiary/aromatic N) is 1. The number of hydrogen-bond acceptors (Lipinski definition) is 7. The van der Waals surface area contributed by atoms with Crippen molar-refractivity contribution < 1.29 is 27.3 Å². The van der Waals surface area contributed by atoms with Gasteiger partial charge in [-0.15, -0.1) is 0 Å². The molecular weight excluding hydrogens is 324 g/mol. The first-order valence-corrected chi connectivity index (χ1v) is 9.16. The molecule has 2 heterocycles. The van der Waals surface area contributed by atoms with Crippen LogP contribution in [-0.4, -0.2) is 49.6 Å². The number of rotatable bonds is 6. The Morgan fingerprint density at radius 1 is 1.39 bits per heavy atom. The van der Waals surface area contributed by atoms with Gasteiger partial charge in [-0.3, -0.25) is 9.59 Å². The van der Waals surface area contributed by atoms with Crippen LogP contribution in [0, 0.1) is 13.8 Å². The monoisotopic (exact) mass is 344 g/mol. The molecule has 0 unspecified atom stereocenters. The van der Waals surface area contributed by atoms with Crippen molar-refractivity contribution in [1.29, 1.82) is 0 Å². The highest BCUT2D eigenvalue weighted by Gasteiger charge is 2.29. The van der Waals surface area contributed by atoms with Crippen molar-refractivity contribution in [3.8, 4) is 0 Å². The second-order valence-electron chi connectivity index (χ2n) is 5.63. The van der Waals surface area contributed by atoms with Gasteiger partial charge >= 0.3 is 5.97 Å². The molecule has 0 saturated carbocycles. The van der Waals surface area contributed by atoms with E-state index in [-0.39, 0.29) is 17.9 Å². The third-order valence-corrected chi connectivity index (χ3v) is 5.49. The van der Waals surface area contributed by atoms with Crippen LogP contribution in [0.5, 0.6) is 0 Å². The van der Waals surface area contributed by atoms with E-state index in [9.17, 15) is 18.0 Å². The number of sulfone groups is 1. The molecule has 9 heteroatoms. The molecule has 2 rings (SSSR count). The summed E-state index contributed by atoms with van der Waals surface area (Å²) in [7, 11) is -3.05. The Morgan fingerprint density at radius 3 is 2.70 bits per heavy atom. The highest BCUT2D eigenvalue weighted by Crippen LogP contribution is 2.14. The molecule has 1 aromatic heterocycles. The van der Waals surface area contributed by atoms with E-state index in [2.05, 4.69) is 10.5 Å². The van der Waals surface area contributed by atoms with Gasteiger partial charge in [-0.2, -0.15) is 0 Å². The van der Waals surface area contributed by atoms with Gasteiger partial charge in [-0.05, 0) is 26.7 Å². The zero-order valence-corrected chi connectivity index (χ0v) is 13.9. The van der Waals surface area contributed by atoms with E-state index in [0.29, 0.717) is 18.6 Å². The fourth-order valence-corrected chi connectivity index (χ4v) is 4.16. The Bertz CT molecular complexity index is 675. The van der Waals surface area contributed by atoms with Crippen LogP contribution in [0.15, 0.2) is 4.52 Å². The molecule has 1 atom stereocenters. The summed E-state index contributed by atoms with van der Waals surface area (Å²) in [6.07, 6.45) is 0.949. The van der Waals surface area contributed by atoms with Gasteiger partial charge in [0.05, 0.1) is 17.2 Å². The van der Waals surface area contributed by atoms with Crippen molar-refractivity contribution in [2.45, 2.75) is 39.2 Å². The first-order valence-electron chi connectivity index (χ1n) is 7.34. The third-order valence-electron chi connectivity index (χ3n) is 3.72. The fraction of sp³-hybridized carbons (Fsp3) is 0.643. The van der Waals surface area contributed by atoms with Crippen LogP contribution in [0.1, 0.15) is 29.9 Å². The Balaban J connectivity index is 1.69. The average Bonchev–Trinajstić information content (AvgIpc) is 2.97. The molecule has 8 nitrogen and oxygen atoms in total. The standard InChI is InChI=1S/C14H20N2O6S/c1-9-12(10(2)22-16-9)3-4-14(18)21-7-13(17)15-11-5-6-23(19,20)8-11/h11H,3-8H2,1-2H3,(H,15,17)/t11-/m0/s1. The number of aryl methyl sites for hydroxylation is 2. The summed E-state index contributed by atoms with van der Waals surface area (Å²) in [6, 6.07) is -0.395. The Labute approximate surface area is 134 Å². The maximum atomic E-state index is 11.7. The zero-order valence-electron chi connectivity index (χ0n) is 13.1. The van der Waals surface area contributed by atoms with Crippen molar-refractivity contribution in [3.63, 3.8) is 0 Å². The number of hydrogen-bond donors (Lipinski definition) is 1. The molecule has 1 fully saturated rings. The lowest BCUT2D eigenvalue weighted by Gasteiger charge is -2.11. The molecule has 0 aromatic carbocycles. The van der Waals surface area contributed by atoms with Crippen LogP contribution in [0.2, 0.25) is 0 Å². The number of carbonyl (C=O) groups excluding carboxylic acids is 2. The molecule has 0 bridgehead atoms. The summed E-state index contributed by atoms with van der Waals surface area (Å²) in [5, 5.41) is 6.35. The average molecular weight is 344 g/mol. The lowest BCUT2D eigenvalue weighted by Crippen LogP contribution is -2.38. The summed E-state index contributed by atoms with van der Waals surface area (Å²) < 4.78 is 32.5. The van der Waals surface area contributed by atoms with Crippen molar-refractivity contribution in [1.82, 2.24) is 10.5 Å². The van der Waals surface area contributed by atoms with Gasteiger partial charge in [0.15, 0.2) is 16.4 Å². The first-order chi connectivity index (χ1) is 10.8. The molecule has 128 valence electrons. The van der Waals surface area contributed by atoms with E-state index in [0.717, 1.165) is 11.3 Å². The van der Waals surface area contributed by atoms with Gasteiger partial charge in [0.2, 0.25) is 0 Å². The maximum Gasteiger partial charge on any atom is 0.306 e. The minimum Gasteiger partial charge on any atom is -0.456 e. The van der Waals surface area contributed by atoms with Gasteiger partial charge in [0.1, 0.15) is 5.76 Å². The highest BCUT2D eigenvalue weighted by atomic mass is 32.2. The number of carbonyl (C=O) groups is 2. The van der Waals surface area contributed by atoms with Crippen LogP contribution in [0.4, 0.5) is 0 Å². The number of nitrogens with one attached hydrogen (secondary N) is 1. The van der Waals surface area contributed by atoms with Crippen molar-refractivity contribution in [2.24, 2.45) is 0 Å². The van der Waals surface area contributed by atoms with Crippen LogP contribution in [0.25, 0.3) is 0 Å². The number of ether oxygens (including phenoxy) is 1. The molecule has 1 aliphatic heterocycles. The van der Waals surface area contributed by atoms with Crippen LogP contribution < -0.4 is 5.32 Å². The number of esters is 1. The van der Waals surface area contributed by atoms with E-state index in [1.54, 1.807) is 13.8 Å². The summed E-state index contributed by atoms with van der Waals surface area (Å²) in [5.41, 5.74) is 1.60. The summed E-state index contributed by atoms with van der Waals surface area (Å²) in [6.45, 7) is 3.15. The minimum absolute atomic E-state index is 0.0568. The zero-order chi connectivity index (χ0) is 17.0. The molecule has 1 N–H and O–H groups in total. The Kier molecular flexibility index (Phi) is 5.40. The lowest BCUT2D eigenvalue weighted by molar-refractivity contribution is -0.148. The lowest BCUT2D eigenvalue weighted by atomic mass is 10.1. The molecule has 0 spiro atoms. The molecule has 1 saturated heterocycles. The van der Waals surface area contributed by atoms with Gasteiger partial charge in [0, 0.05) is 18.0 Å². The van der Waals surface area contributed by atoms with E-state index < -0.39 is 34.4 Å². The normalized spacial score (nSPS) is 19.5. The van der Waals surface area contributed by atoms with E-state index in [4.69, 9.17) is 9.26 Å². The molecule has 1 aromatic rings. The van der Waals surface area contributed by atoms with Crippen molar-refractivity contribution >= 4 is 21.7 Å². The molecule has 0 radical (unpaired) electrons. The third kappa shape index (κ3) is 5.05. The van der Waals surface area contributed by atoms with Gasteiger partial charge in [-0.1, -0.05) is 5.16 Å². The van der Waals surface area contributed by atoms with Gasteiger partial charge in [-0.25, -0.2) is 8.42 Å². The predicted octanol–water partition coefficient (Wildman–Crippen LogP) is 0.0705. The quantitative estimate of drug-likeness (QED) is 0.726. The second-order valence-corrected chi connectivity index (χ2v) is 7.86. The van der Waals surface area contributed by atoms with Crippen LogP contribution >= 0.6 is 0 Å². The van der Waals surface area contributed by atoms with Gasteiger partial charge < -0.3 is 14.6 Å². The largest absolute Gasteiger partial charge is 0.456 e. The summed E-state index contributed by atoms with van der Waals surface area (Å²) in [5.74, 6) is -0.305. The van der Waals surface area contributed by atoms with Crippen molar-refractivity contribution in [2.75, 3.05) is 18.1 Å². The van der Waals surface area contributed by atoms with E-state index >= 15 is 0 Å². The minimum atomic E-state index is -3.05. The number of amides is 1. The molecule has 1 aliphatic rings. The van der Waals surface area contributed by atoms with Crippen molar-refractivity contribution in [3.05, 3.63) is 17.0 Å². The molecule has 0 aliphatic carbocycles. The SMILES string of the molecule is Cc1noc(C)c1CCC(=O)OCC(=O)N[C@H]1CCS(=O)(=O)C1. The highest BCUT2D eigenvalue weighted by molar-refractivity contribution is 7.91. The summed E-state index contributed by atoms with van der Waals surface area (Å²) in [4.78, 5) is 23.3. The van der Waals surface area contributed by atoms with Crippen LogP contribution in [-0.2, 0) is 30.6 Å². The molecule has 1 amide bonds. The topological polar surface area (TPSA) is 116 Å². The maximum absolute atomic E-state index is 11.7. The Hall–Kier alpha value is -1.90. The number of aromatic nitrogens is 1. The smallest absolute Gasteiger partial charge is 0.306 e. The first kappa shape index (κ1) is 17.5. The fourth-order valence-electron chi connectivity index (χ4n) is 2.48. The van der Waals surface area contributed by atoms with Crippen LogP contribution in [0.3, 0.4) is 0 Å². The summed E-state index contributed by atoms with van der Waals surface area (Å²) >= 11 is 0. The predicted molar refractivity (Wildman–Crippen MR) is 80.5 cm³/mol. The molecular formula is C14H20N2O6S. The van der Waals surface area contributed by atoms with E-state index in [1.807, 2.05) is 0 Å². The second kappa shape index (κ2) is 7.12. The van der Waals surface area contributed by atoms with Gasteiger partial charge in [0.25, 0.3) is 5.91 Å². The Morgan fingerprint density at radius 2 is 2.13 bits per heavy atom.